The summed E-state index contributed by atoms with van der Waals surface area (Å²) < 4.78 is 12.9. The highest BCUT2D eigenvalue weighted by Crippen LogP contribution is 2.09. The van der Waals surface area contributed by atoms with Gasteiger partial charge in [-0.25, -0.2) is 14.4 Å². The zero-order chi connectivity index (χ0) is 18.2. The minimum atomic E-state index is -0.284. The fourth-order valence-corrected chi connectivity index (χ4v) is 3.01. The summed E-state index contributed by atoms with van der Waals surface area (Å²) in [4.78, 5) is 25.1. The Labute approximate surface area is 153 Å². The molecule has 1 saturated heterocycles. The number of aromatic nitrogens is 2. The van der Waals surface area contributed by atoms with Crippen molar-refractivity contribution in [2.75, 3.05) is 44.2 Å². The van der Waals surface area contributed by atoms with Gasteiger partial charge in [0.2, 0.25) is 11.9 Å². The first kappa shape index (κ1) is 18.3. The molecule has 1 aromatic heterocycles. The van der Waals surface area contributed by atoms with Crippen LogP contribution in [0.1, 0.15) is 12.0 Å². The van der Waals surface area contributed by atoms with Crippen molar-refractivity contribution >= 4 is 11.9 Å². The van der Waals surface area contributed by atoms with Gasteiger partial charge >= 0.3 is 0 Å². The van der Waals surface area contributed by atoms with Gasteiger partial charge in [0.1, 0.15) is 5.82 Å². The highest BCUT2D eigenvalue weighted by atomic mass is 19.1. The Morgan fingerprint density at radius 3 is 2.46 bits per heavy atom. The second-order valence-electron chi connectivity index (χ2n) is 6.38. The smallest absolute Gasteiger partial charge is 0.225 e. The third-order valence-corrected chi connectivity index (χ3v) is 4.46. The van der Waals surface area contributed by atoms with Crippen LogP contribution in [0, 0.1) is 5.82 Å². The monoisotopic (exact) mass is 357 g/mol. The van der Waals surface area contributed by atoms with Crippen molar-refractivity contribution in [2.24, 2.45) is 0 Å². The molecule has 1 aromatic carbocycles. The highest BCUT2D eigenvalue weighted by molar-refractivity contribution is 5.78. The Bertz CT molecular complexity index is 687. The van der Waals surface area contributed by atoms with Crippen LogP contribution < -0.4 is 10.2 Å². The summed E-state index contributed by atoms with van der Waals surface area (Å²) in [6.45, 7) is 5.40. The van der Waals surface area contributed by atoms with Gasteiger partial charge in [-0.15, -0.1) is 0 Å². The fraction of sp³-hybridized carbons (Fsp3) is 0.421. The Morgan fingerprint density at radius 2 is 1.77 bits per heavy atom. The summed E-state index contributed by atoms with van der Waals surface area (Å²) in [7, 11) is 0. The number of hydrogen-bond acceptors (Lipinski definition) is 5. The maximum atomic E-state index is 12.9. The van der Waals surface area contributed by atoms with Crippen molar-refractivity contribution in [3.8, 4) is 0 Å². The summed E-state index contributed by atoms with van der Waals surface area (Å²) >= 11 is 0. The molecular weight excluding hydrogens is 333 g/mol. The molecule has 0 radical (unpaired) electrons. The second kappa shape index (κ2) is 9.24. The Morgan fingerprint density at radius 1 is 1.08 bits per heavy atom. The van der Waals surface area contributed by atoms with E-state index in [0.717, 1.165) is 50.7 Å². The van der Waals surface area contributed by atoms with Crippen molar-refractivity contribution < 1.29 is 9.18 Å². The molecule has 3 rings (SSSR count). The first-order valence-corrected chi connectivity index (χ1v) is 8.96. The van der Waals surface area contributed by atoms with Crippen molar-refractivity contribution in [1.82, 2.24) is 20.2 Å². The lowest BCUT2D eigenvalue weighted by Gasteiger charge is -2.34. The molecule has 1 fully saturated rings. The van der Waals surface area contributed by atoms with Crippen LogP contribution in [0.3, 0.4) is 0 Å². The average Bonchev–Trinajstić information content (AvgIpc) is 2.68. The largest absolute Gasteiger partial charge is 0.356 e. The Balaban J connectivity index is 1.30. The summed E-state index contributed by atoms with van der Waals surface area (Å²) in [5, 5.41) is 2.93. The fourth-order valence-electron chi connectivity index (χ4n) is 3.01. The molecule has 1 amide bonds. The number of hydrogen-bond donors (Lipinski definition) is 1. The first-order chi connectivity index (χ1) is 12.7. The summed E-state index contributed by atoms with van der Waals surface area (Å²) in [5.41, 5.74) is 0.822. The van der Waals surface area contributed by atoms with Crippen LogP contribution in [-0.2, 0) is 11.2 Å². The number of benzene rings is 1. The van der Waals surface area contributed by atoms with Crippen molar-refractivity contribution in [2.45, 2.75) is 12.8 Å². The highest BCUT2D eigenvalue weighted by Gasteiger charge is 2.18. The zero-order valence-corrected chi connectivity index (χ0v) is 14.8. The molecule has 26 heavy (non-hydrogen) atoms. The molecule has 1 aliphatic rings. The van der Waals surface area contributed by atoms with E-state index in [1.54, 1.807) is 24.5 Å². The molecule has 7 heteroatoms. The van der Waals surface area contributed by atoms with Gasteiger partial charge < -0.3 is 10.2 Å². The van der Waals surface area contributed by atoms with E-state index in [1.165, 1.54) is 12.1 Å². The van der Waals surface area contributed by atoms with Crippen LogP contribution >= 0.6 is 0 Å². The predicted molar refractivity (Wildman–Crippen MR) is 98.4 cm³/mol. The molecule has 0 spiro atoms. The molecule has 2 heterocycles. The van der Waals surface area contributed by atoms with E-state index < -0.39 is 0 Å². The van der Waals surface area contributed by atoms with Crippen LogP contribution in [0.4, 0.5) is 10.3 Å². The van der Waals surface area contributed by atoms with Gasteiger partial charge in [0.15, 0.2) is 0 Å². The lowest BCUT2D eigenvalue weighted by Crippen LogP contribution is -2.47. The van der Waals surface area contributed by atoms with E-state index in [0.29, 0.717) is 6.54 Å². The molecule has 0 bridgehead atoms. The Hall–Kier alpha value is -2.54. The van der Waals surface area contributed by atoms with Crippen molar-refractivity contribution in [1.29, 1.82) is 0 Å². The van der Waals surface area contributed by atoms with Crippen LogP contribution in [0.25, 0.3) is 0 Å². The van der Waals surface area contributed by atoms with Gasteiger partial charge in [0.25, 0.3) is 0 Å². The number of piperazine rings is 1. The van der Waals surface area contributed by atoms with Crippen molar-refractivity contribution in [3.05, 3.63) is 54.1 Å². The topological polar surface area (TPSA) is 61.4 Å². The summed E-state index contributed by atoms with van der Waals surface area (Å²) in [6, 6.07) is 7.87. The van der Waals surface area contributed by atoms with E-state index >= 15 is 0 Å². The molecule has 0 saturated carbocycles. The molecule has 1 aliphatic heterocycles. The van der Waals surface area contributed by atoms with Gasteiger partial charge in [-0.1, -0.05) is 12.1 Å². The third-order valence-electron chi connectivity index (χ3n) is 4.46. The molecular formula is C19H24FN5O. The van der Waals surface area contributed by atoms with Gasteiger partial charge in [-0.2, -0.15) is 0 Å². The summed E-state index contributed by atoms with van der Waals surface area (Å²) in [5.74, 6) is 0.482. The average molecular weight is 357 g/mol. The molecule has 138 valence electrons. The van der Waals surface area contributed by atoms with E-state index in [9.17, 15) is 9.18 Å². The zero-order valence-electron chi connectivity index (χ0n) is 14.8. The number of carbonyl (C=O) groups is 1. The van der Waals surface area contributed by atoms with E-state index in [-0.39, 0.29) is 18.1 Å². The van der Waals surface area contributed by atoms with Gasteiger partial charge in [0.05, 0.1) is 6.42 Å². The van der Waals surface area contributed by atoms with E-state index in [1.807, 2.05) is 6.07 Å². The standard InChI is InChI=1S/C19H24FN5O/c20-17-5-3-16(4-6-17)15-18(26)21-9-2-10-24-11-13-25(14-12-24)19-22-7-1-8-23-19/h1,3-8H,2,9-15H2,(H,21,26). The van der Waals surface area contributed by atoms with Crippen LogP contribution in [0.5, 0.6) is 0 Å². The normalized spacial score (nSPS) is 15.0. The number of nitrogens with one attached hydrogen (secondary N) is 1. The van der Waals surface area contributed by atoms with E-state index in [4.69, 9.17) is 0 Å². The number of halogens is 1. The third kappa shape index (κ3) is 5.49. The van der Waals surface area contributed by atoms with Crippen LogP contribution in [-0.4, -0.2) is 60.0 Å². The first-order valence-electron chi connectivity index (χ1n) is 8.96. The minimum absolute atomic E-state index is 0.0253. The van der Waals surface area contributed by atoms with Crippen LogP contribution in [0.2, 0.25) is 0 Å². The Kier molecular flexibility index (Phi) is 6.49. The van der Waals surface area contributed by atoms with Gasteiger partial charge in [-0.05, 0) is 36.7 Å². The lowest BCUT2D eigenvalue weighted by atomic mass is 10.1. The second-order valence-corrected chi connectivity index (χ2v) is 6.38. The van der Waals surface area contributed by atoms with E-state index in [2.05, 4.69) is 25.1 Å². The van der Waals surface area contributed by atoms with Gasteiger partial charge in [-0.3, -0.25) is 9.69 Å². The van der Waals surface area contributed by atoms with Crippen LogP contribution in [0.15, 0.2) is 42.7 Å². The molecule has 1 N–H and O–H groups in total. The quantitative estimate of drug-likeness (QED) is 0.761. The predicted octanol–water partition coefficient (Wildman–Crippen LogP) is 1.49. The number of anilines is 1. The van der Waals surface area contributed by atoms with Crippen molar-refractivity contribution in [3.63, 3.8) is 0 Å². The lowest BCUT2D eigenvalue weighted by molar-refractivity contribution is -0.120. The number of amides is 1. The maximum absolute atomic E-state index is 12.9. The molecule has 0 unspecified atom stereocenters. The molecule has 2 aromatic rings. The number of carbonyl (C=O) groups excluding carboxylic acids is 1. The minimum Gasteiger partial charge on any atom is -0.356 e. The summed E-state index contributed by atoms with van der Waals surface area (Å²) in [6.07, 6.45) is 4.74. The number of rotatable bonds is 7. The SMILES string of the molecule is O=C(Cc1ccc(F)cc1)NCCCN1CCN(c2ncccn2)CC1. The molecule has 0 atom stereocenters. The number of nitrogens with zero attached hydrogens (tertiary/aromatic N) is 4. The molecule has 6 nitrogen and oxygen atoms in total. The maximum Gasteiger partial charge on any atom is 0.225 e. The molecule has 0 aliphatic carbocycles. The van der Waals surface area contributed by atoms with Gasteiger partial charge in [0, 0.05) is 45.1 Å².